The average molecular weight is 306 g/mol. The van der Waals surface area contributed by atoms with Crippen molar-refractivity contribution >= 4 is 34.5 Å². The van der Waals surface area contributed by atoms with E-state index < -0.39 is 11.6 Å². The van der Waals surface area contributed by atoms with Crippen molar-refractivity contribution in [2.75, 3.05) is 10.6 Å². The lowest BCUT2D eigenvalue weighted by Crippen LogP contribution is -2.19. The van der Waals surface area contributed by atoms with E-state index >= 15 is 0 Å². The molecular formula is C15H12F2N2OS. The van der Waals surface area contributed by atoms with Crippen molar-refractivity contribution in [3.63, 3.8) is 0 Å². The Morgan fingerprint density at radius 3 is 2.29 bits per heavy atom. The summed E-state index contributed by atoms with van der Waals surface area (Å²) in [7, 11) is 0. The summed E-state index contributed by atoms with van der Waals surface area (Å²) in [5.41, 5.74) is 1.51. The molecule has 2 rings (SSSR count). The second kappa shape index (κ2) is 6.41. The molecule has 0 atom stereocenters. The van der Waals surface area contributed by atoms with Crippen molar-refractivity contribution in [2.45, 2.75) is 6.92 Å². The first-order valence-electron chi connectivity index (χ1n) is 6.10. The predicted octanol–water partition coefficient (Wildman–Crippen LogP) is 3.98. The third-order valence-electron chi connectivity index (χ3n) is 2.70. The largest absolute Gasteiger partial charge is 0.332 e. The summed E-state index contributed by atoms with van der Waals surface area (Å²) in [5.74, 6) is -1.94. The van der Waals surface area contributed by atoms with Crippen molar-refractivity contribution in [2.24, 2.45) is 0 Å². The van der Waals surface area contributed by atoms with Crippen LogP contribution in [0.15, 0.2) is 42.5 Å². The van der Waals surface area contributed by atoms with E-state index in [0.29, 0.717) is 16.9 Å². The molecule has 0 aliphatic rings. The summed E-state index contributed by atoms with van der Waals surface area (Å²) in [6.45, 7) is 1.47. The van der Waals surface area contributed by atoms with Crippen LogP contribution in [0.1, 0.15) is 17.3 Å². The van der Waals surface area contributed by atoms with Crippen molar-refractivity contribution in [3.05, 3.63) is 59.7 Å². The van der Waals surface area contributed by atoms with Crippen LogP contribution in [0.2, 0.25) is 0 Å². The van der Waals surface area contributed by atoms with E-state index in [1.165, 1.54) is 13.0 Å². The maximum absolute atomic E-state index is 13.1. The number of hydrogen-bond acceptors (Lipinski definition) is 2. The van der Waals surface area contributed by atoms with Gasteiger partial charge in [0, 0.05) is 23.0 Å². The van der Waals surface area contributed by atoms with Crippen LogP contribution in [0.3, 0.4) is 0 Å². The van der Waals surface area contributed by atoms with E-state index in [1.807, 2.05) is 0 Å². The molecule has 0 spiro atoms. The fraction of sp³-hybridized carbons (Fsp3) is 0.0667. The number of nitrogens with one attached hydrogen (secondary N) is 2. The van der Waals surface area contributed by atoms with Gasteiger partial charge in [-0.15, -0.1) is 0 Å². The molecule has 0 heterocycles. The summed E-state index contributed by atoms with van der Waals surface area (Å²) in [5, 5.41) is 5.82. The average Bonchev–Trinajstić information content (AvgIpc) is 2.43. The lowest BCUT2D eigenvalue weighted by atomic mass is 10.1. The Morgan fingerprint density at radius 2 is 1.67 bits per heavy atom. The summed E-state index contributed by atoms with van der Waals surface area (Å²) in [4.78, 5) is 11.3. The van der Waals surface area contributed by atoms with Crippen molar-refractivity contribution < 1.29 is 13.6 Å². The normalized spacial score (nSPS) is 10.0. The summed E-state index contributed by atoms with van der Waals surface area (Å²) in [6, 6.07) is 10.2. The van der Waals surface area contributed by atoms with Crippen LogP contribution >= 0.6 is 12.2 Å². The van der Waals surface area contributed by atoms with Gasteiger partial charge in [0.2, 0.25) is 0 Å². The molecule has 0 amide bonds. The summed E-state index contributed by atoms with van der Waals surface area (Å²) >= 11 is 5.08. The van der Waals surface area contributed by atoms with Crippen molar-refractivity contribution in [1.82, 2.24) is 0 Å². The monoisotopic (exact) mass is 306 g/mol. The Bertz CT molecular complexity index is 704. The lowest BCUT2D eigenvalue weighted by molar-refractivity contribution is 0.101. The van der Waals surface area contributed by atoms with E-state index in [2.05, 4.69) is 10.6 Å². The molecule has 0 radical (unpaired) electrons. The van der Waals surface area contributed by atoms with Crippen LogP contribution in [0.5, 0.6) is 0 Å². The number of halogens is 2. The van der Waals surface area contributed by atoms with Gasteiger partial charge in [-0.3, -0.25) is 4.79 Å². The number of carbonyl (C=O) groups is 1. The van der Waals surface area contributed by atoms with Crippen LogP contribution in [-0.4, -0.2) is 10.9 Å². The highest BCUT2D eigenvalue weighted by Crippen LogP contribution is 2.15. The van der Waals surface area contributed by atoms with Crippen LogP contribution in [0, 0.1) is 11.6 Å². The number of rotatable bonds is 3. The Morgan fingerprint density at radius 1 is 1.00 bits per heavy atom. The molecule has 2 aromatic carbocycles. The van der Waals surface area contributed by atoms with Gasteiger partial charge in [-0.05, 0) is 43.4 Å². The van der Waals surface area contributed by atoms with Crippen molar-refractivity contribution in [3.8, 4) is 0 Å². The molecule has 2 N–H and O–H groups in total. The van der Waals surface area contributed by atoms with Crippen LogP contribution < -0.4 is 10.6 Å². The minimum Gasteiger partial charge on any atom is -0.332 e. The van der Waals surface area contributed by atoms with E-state index in [1.54, 1.807) is 24.3 Å². The van der Waals surface area contributed by atoms with Gasteiger partial charge in [0.15, 0.2) is 22.5 Å². The topological polar surface area (TPSA) is 41.1 Å². The quantitative estimate of drug-likeness (QED) is 0.665. The highest BCUT2D eigenvalue weighted by atomic mass is 32.1. The van der Waals surface area contributed by atoms with Gasteiger partial charge in [-0.25, -0.2) is 8.78 Å². The van der Waals surface area contributed by atoms with Crippen LogP contribution in [-0.2, 0) is 0 Å². The zero-order valence-corrected chi connectivity index (χ0v) is 11.9. The smallest absolute Gasteiger partial charge is 0.175 e. The molecule has 6 heteroatoms. The number of hydrogen-bond donors (Lipinski definition) is 2. The molecule has 0 aromatic heterocycles. The van der Waals surface area contributed by atoms with Crippen molar-refractivity contribution in [1.29, 1.82) is 0 Å². The van der Waals surface area contributed by atoms with Gasteiger partial charge in [-0.1, -0.05) is 12.1 Å². The fourth-order valence-corrected chi connectivity index (χ4v) is 1.92. The van der Waals surface area contributed by atoms with E-state index in [4.69, 9.17) is 12.2 Å². The maximum atomic E-state index is 13.1. The SMILES string of the molecule is CC(=O)c1cccc(NC(=S)Nc2ccc(F)c(F)c2)c1. The van der Waals surface area contributed by atoms with Gasteiger partial charge >= 0.3 is 0 Å². The molecule has 0 saturated heterocycles. The standard InChI is InChI=1S/C15H12F2N2OS/c1-9(20)10-3-2-4-11(7-10)18-15(21)19-12-5-6-13(16)14(17)8-12/h2-8H,1H3,(H2,18,19,21). The Hall–Kier alpha value is -2.34. The lowest BCUT2D eigenvalue weighted by Gasteiger charge is -2.11. The molecule has 3 nitrogen and oxygen atoms in total. The molecule has 108 valence electrons. The predicted molar refractivity (Wildman–Crippen MR) is 82.6 cm³/mol. The van der Waals surface area contributed by atoms with Gasteiger partial charge < -0.3 is 10.6 Å². The first kappa shape index (κ1) is 15.1. The Kier molecular flexibility index (Phi) is 4.59. The molecule has 21 heavy (non-hydrogen) atoms. The molecule has 0 unspecified atom stereocenters. The second-order valence-corrected chi connectivity index (χ2v) is 4.75. The number of thiocarbonyl (C=S) groups is 1. The Labute approximate surface area is 126 Å². The molecule has 0 aliphatic heterocycles. The minimum absolute atomic E-state index is 0.0573. The molecular weight excluding hydrogens is 294 g/mol. The fourth-order valence-electron chi connectivity index (χ4n) is 1.68. The van der Waals surface area contributed by atoms with Gasteiger partial charge in [0.1, 0.15) is 0 Å². The van der Waals surface area contributed by atoms with Gasteiger partial charge in [0.05, 0.1) is 0 Å². The molecule has 0 fully saturated rings. The molecule has 0 saturated carbocycles. The van der Waals surface area contributed by atoms with Gasteiger partial charge in [-0.2, -0.15) is 0 Å². The number of anilines is 2. The summed E-state index contributed by atoms with van der Waals surface area (Å²) in [6.07, 6.45) is 0. The number of Topliss-reactive ketones (excluding diaryl/α,β-unsaturated/α-hetero) is 1. The highest BCUT2D eigenvalue weighted by Gasteiger charge is 2.05. The first-order chi connectivity index (χ1) is 9.95. The number of ketones is 1. The number of benzene rings is 2. The third-order valence-corrected chi connectivity index (χ3v) is 2.91. The molecule has 2 aromatic rings. The maximum Gasteiger partial charge on any atom is 0.175 e. The van der Waals surface area contributed by atoms with E-state index in [9.17, 15) is 13.6 Å². The van der Waals surface area contributed by atoms with Gasteiger partial charge in [0.25, 0.3) is 0 Å². The second-order valence-electron chi connectivity index (χ2n) is 4.35. The highest BCUT2D eigenvalue weighted by molar-refractivity contribution is 7.80. The van der Waals surface area contributed by atoms with Crippen LogP contribution in [0.25, 0.3) is 0 Å². The van der Waals surface area contributed by atoms with E-state index in [-0.39, 0.29) is 10.9 Å². The Balaban J connectivity index is 2.06. The number of carbonyl (C=O) groups excluding carboxylic acids is 1. The third kappa shape index (κ3) is 4.06. The van der Waals surface area contributed by atoms with Crippen LogP contribution in [0.4, 0.5) is 20.2 Å². The molecule has 0 aliphatic carbocycles. The minimum atomic E-state index is -0.957. The van der Waals surface area contributed by atoms with E-state index in [0.717, 1.165) is 12.1 Å². The first-order valence-corrected chi connectivity index (χ1v) is 6.50. The zero-order chi connectivity index (χ0) is 15.4. The summed E-state index contributed by atoms with van der Waals surface area (Å²) < 4.78 is 25.9. The zero-order valence-electron chi connectivity index (χ0n) is 11.1. The molecule has 0 bridgehead atoms.